The molecule has 1 amide bonds. The number of likely N-dealkylation sites (tertiary alicyclic amines) is 1. The molecular formula is C19H21N3O3. The molecule has 1 aliphatic heterocycles. The number of H-pyrrole nitrogens is 1. The second-order valence-corrected chi connectivity index (χ2v) is 6.40. The molecule has 0 saturated carbocycles. The quantitative estimate of drug-likeness (QED) is 0.791. The molecule has 1 saturated heterocycles. The third-order valence-corrected chi connectivity index (χ3v) is 4.74. The highest BCUT2D eigenvalue weighted by atomic mass is 16.5. The molecule has 0 spiro atoms. The summed E-state index contributed by atoms with van der Waals surface area (Å²) in [5.41, 5.74) is 2.06. The number of methoxy groups -OCH3 is 1. The van der Waals surface area contributed by atoms with Crippen LogP contribution in [0.5, 0.6) is 0 Å². The van der Waals surface area contributed by atoms with Crippen molar-refractivity contribution >= 4 is 16.9 Å². The largest absolute Gasteiger partial charge is 0.453 e. The Morgan fingerprint density at radius 3 is 2.84 bits per heavy atom. The average Bonchev–Trinajstić information content (AvgIpc) is 3.28. The Hall–Kier alpha value is -2.60. The molecule has 1 fully saturated rings. The predicted octanol–water partition coefficient (Wildman–Crippen LogP) is 3.32. The predicted molar refractivity (Wildman–Crippen MR) is 93.4 cm³/mol. The fraction of sp³-hybridized carbons (Fsp3) is 0.368. The fourth-order valence-electron chi connectivity index (χ4n) is 3.39. The fourth-order valence-corrected chi connectivity index (χ4v) is 3.39. The maximum atomic E-state index is 12.6. The van der Waals surface area contributed by atoms with Crippen molar-refractivity contribution in [3.05, 3.63) is 53.7 Å². The van der Waals surface area contributed by atoms with Crippen LogP contribution in [0.15, 0.2) is 40.8 Å². The van der Waals surface area contributed by atoms with Gasteiger partial charge in [0.05, 0.1) is 11.0 Å². The molecular weight excluding hydrogens is 318 g/mol. The van der Waals surface area contributed by atoms with E-state index in [4.69, 9.17) is 14.1 Å². The zero-order chi connectivity index (χ0) is 17.2. The smallest absolute Gasteiger partial charge is 0.289 e. The van der Waals surface area contributed by atoms with Gasteiger partial charge < -0.3 is 19.0 Å². The van der Waals surface area contributed by atoms with Crippen LogP contribution in [0.4, 0.5) is 0 Å². The first kappa shape index (κ1) is 15.9. The van der Waals surface area contributed by atoms with Gasteiger partial charge in [-0.3, -0.25) is 4.79 Å². The molecule has 1 aromatic carbocycles. The van der Waals surface area contributed by atoms with Crippen LogP contribution in [0.3, 0.4) is 0 Å². The lowest BCUT2D eigenvalue weighted by molar-refractivity contribution is 0.0671. The van der Waals surface area contributed by atoms with Gasteiger partial charge in [0.1, 0.15) is 18.2 Å². The molecule has 25 heavy (non-hydrogen) atoms. The molecule has 3 heterocycles. The summed E-state index contributed by atoms with van der Waals surface area (Å²) in [6.45, 7) is 1.79. The number of nitrogens with zero attached hydrogens (tertiary/aromatic N) is 2. The highest BCUT2D eigenvalue weighted by Crippen LogP contribution is 2.28. The van der Waals surface area contributed by atoms with Crippen LogP contribution < -0.4 is 0 Å². The Kier molecular flexibility index (Phi) is 4.28. The van der Waals surface area contributed by atoms with E-state index in [0.717, 1.165) is 29.7 Å². The van der Waals surface area contributed by atoms with Crippen molar-refractivity contribution in [3.63, 3.8) is 0 Å². The number of para-hydroxylation sites is 2. The summed E-state index contributed by atoms with van der Waals surface area (Å²) in [6, 6.07) is 11.6. The van der Waals surface area contributed by atoms with Crippen molar-refractivity contribution < 1.29 is 13.9 Å². The summed E-state index contributed by atoms with van der Waals surface area (Å²) >= 11 is 0. The number of aromatic amines is 1. The molecule has 1 aliphatic rings. The number of piperidine rings is 1. The molecule has 3 aromatic rings. The van der Waals surface area contributed by atoms with Crippen molar-refractivity contribution in [2.45, 2.75) is 25.4 Å². The van der Waals surface area contributed by atoms with Gasteiger partial charge in [0.15, 0.2) is 5.76 Å². The minimum Gasteiger partial charge on any atom is -0.453 e. The van der Waals surface area contributed by atoms with Crippen molar-refractivity contribution in [2.75, 3.05) is 20.2 Å². The van der Waals surface area contributed by atoms with Crippen LogP contribution in [0.2, 0.25) is 0 Å². The van der Waals surface area contributed by atoms with Gasteiger partial charge in [0.2, 0.25) is 0 Å². The Labute approximate surface area is 145 Å². The minimum atomic E-state index is -0.0505. The Morgan fingerprint density at radius 1 is 1.28 bits per heavy atom. The molecule has 0 aliphatic carbocycles. The highest BCUT2D eigenvalue weighted by molar-refractivity contribution is 5.91. The van der Waals surface area contributed by atoms with Crippen molar-refractivity contribution in [1.82, 2.24) is 14.9 Å². The van der Waals surface area contributed by atoms with Crippen LogP contribution in [-0.2, 0) is 11.3 Å². The molecule has 0 atom stereocenters. The van der Waals surface area contributed by atoms with E-state index in [1.165, 1.54) is 0 Å². The number of rotatable bonds is 4. The van der Waals surface area contributed by atoms with E-state index in [0.29, 0.717) is 37.1 Å². The first-order chi connectivity index (χ1) is 12.2. The molecule has 4 rings (SSSR count). The molecule has 2 aromatic heterocycles. The van der Waals surface area contributed by atoms with Crippen LogP contribution in [0.1, 0.15) is 40.9 Å². The molecule has 6 heteroatoms. The van der Waals surface area contributed by atoms with Gasteiger partial charge >= 0.3 is 0 Å². The Morgan fingerprint density at radius 2 is 2.08 bits per heavy atom. The van der Waals surface area contributed by atoms with Crippen LogP contribution in [0.25, 0.3) is 11.0 Å². The second-order valence-electron chi connectivity index (χ2n) is 6.40. The first-order valence-electron chi connectivity index (χ1n) is 8.56. The average molecular weight is 339 g/mol. The number of aromatic nitrogens is 2. The lowest BCUT2D eigenvalue weighted by Gasteiger charge is -2.30. The Bertz CT molecular complexity index is 842. The molecule has 130 valence electrons. The van der Waals surface area contributed by atoms with Crippen molar-refractivity contribution in [2.24, 2.45) is 0 Å². The van der Waals surface area contributed by atoms with Crippen molar-refractivity contribution in [3.8, 4) is 0 Å². The highest BCUT2D eigenvalue weighted by Gasteiger charge is 2.27. The van der Waals surface area contributed by atoms with E-state index < -0.39 is 0 Å². The second kappa shape index (κ2) is 6.72. The molecule has 0 bridgehead atoms. The summed E-state index contributed by atoms with van der Waals surface area (Å²) in [6.07, 6.45) is 1.80. The van der Waals surface area contributed by atoms with Gasteiger partial charge in [-0.15, -0.1) is 0 Å². The number of carbonyl (C=O) groups is 1. The number of amides is 1. The normalized spacial score (nSPS) is 15.8. The Balaban J connectivity index is 1.41. The van der Waals surface area contributed by atoms with Crippen molar-refractivity contribution in [1.29, 1.82) is 0 Å². The molecule has 0 radical (unpaired) electrons. The number of carbonyl (C=O) groups excluding carboxylic acids is 1. The van der Waals surface area contributed by atoms with Gasteiger partial charge in [-0.05, 0) is 37.1 Å². The number of benzene rings is 1. The van der Waals surface area contributed by atoms with Gasteiger partial charge in [-0.2, -0.15) is 0 Å². The van der Waals surface area contributed by atoms with E-state index in [9.17, 15) is 4.79 Å². The number of fused-ring (bicyclic) bond motifs is 1. The summed E-state index contributed by atoms with van der Waals surface area (Å²) < 4.78 is 10.6. The van der Waals surface area contributed by atoms with E-state index >= 15 is 0 Å². The van der Waals surface area contributed by atoms with Gasteiger partial charge in [0, 0.05) is 26.1 Å². The third kappa shape index (κ3) is 3.17. The van der Waals surface area contributed by atoms with Crippen LogP contribution >= 0.6 is 0 Å². The maximum absolute atomic E-state index is 12.6. The summed E-state index contributed by atoms with van der Waals surface area (Å²) in [5, 5.41) is 0. The van der Waals surface area contributed by atoms with Gasteiger partial charge in [0.25, 0.3) is 5.91 Å². The van der Waals surface area contributed by atoms with E-state index in [1.54, 1.807) is 19.2 Å². The zero-order valence-corrected chi connectivity index (χ0v) is 14.2. The van der Waals surface area contributed by atoms with Gasteiger partial charge in [-0.1, -0.05) is 12.1 Å². The third-order valence-electron chi connectivity index (χ3n) is 4.74. The molecule has 0 unspecified atom stereocenters. The maximum Gasteiger partial charge on any atom is 0.289 e. The zero-order valence-electron chi connectivity index (χ0n) is 14.2. The molecule has 1 N–H and O–H groups in total. The van der Waals surface area contributed by atoms with Gasteiger partial charge in [-0.25, -0.2) is 4.98 Å². The summed E-state index contributed by atoms with van der Waals surface area (Å²) in [4.78, 5) is 22.5. The standard InChI is InChI=1S/C19H21N3O3/c1-24-12-14-6-7-17(25-14)19(23)22-10-8-13(9-11-22)18-20-15-4-2-3-5-16(15)21-18/h2-7,13H,8-12H2,1H3,(H,20,21). The number of hydrogen-bond acceptors (Lipinski definition) is 4. The number of imidazole rings is 1. The first-order valence-corrected chi connectivity index (χ1v) is 8.56. The molecule has 6 nitrogen and oxygen atoms in total. The summed E-state index contributed by atoms with van der Waals surface area (Å²) in [5.74, 6) is 2.38. The topological polar surface area (TPSA) is 71.4 Å². The monoisotopic (exact) mass is 339 g/mol. The van der Waals surface area contributed by atoms with E-state index in [1.807, 2.05) is 29.2 Å². The van der Waals surface area contributed by atoms with E-state index in [-0.39, 0.29) is 5.91 Å². The number of nitrogens with one attached hydrogen (secondary N) is 1. The number of ether oxygens (including phenoxy) is 1. The number of hydrogen-bond donors (Lipinski definition) is 1. The lowest BCUT2D eigenvalue weighted by Crippen LogP contribution is -2.37. The summed E-state index contributed by atoms with van der Waals surface area (Å²) in [7, 11) is 1.60. The minimum absolute atomic E-state index is 0.0505. The lowest BCUT2D eigenvalue weighted by atomic mass is 9.96. The number of furan rings is 1. The van der Waals surface area contributed by atoms with Crippen LogP contribution in [0, 0.1) is 0 Å². The van der Waals surface area contributed by atoms with Crippen LogP contribution in [-0.4, -0.2) is 41.0 Å². The SMILES string of the molecule is COCc1ccc(C(=O)N2CCC(c3nc4ccccc4[nH]3)CC2)o1. The van der Waals surface area contributed by atoms with E-state index in [2.05, 4.69) is 4.98 Å².